The quantitative estimate of drug-likeness (QED) is 0.547. The van der Waals surface area contributed by atoms with Crippen molar-refractivity contribution >= 4 is 71.7 Å². The lowest BCUT2D eigenvalue weighted by Crippen LogP contribution is -1.92. The van der Waals surface area contributed by atoms with Gasteiger partial charge >= 0.3 is 0 Å². The topological polar surface area (TPSA) is 0 Å². The summed E-state index contributed by atoms with van der Waals surface area (Å²) in [6.45, 7) is 0. The fourth-order valence-corrected chi connectivity index (χ4v) is 3.20. The molecule has 0 radical (unpaired) electrons. The molecule has 0 saturated carbocycles. The average molecular weight is 308 g/mol. The molecule has 1 aromatic rings. The lowest BCUT2D eigenvalue weighted by atomic mass is 10.1. The van der Waals surface area contributed by atoms with E-state index in [9.17, 15) is 0 Å². The van der Waals surface area contributed by atoms with Gasteiger partial charge in [-0.2, -0.15) is 25.3 Å². The zero-order valence-electron chi connectivity index (χ0n) is 6.82. The molecule has 0 nitrogen and oxygen atoms in total. The fourth-order valence-electron chi connectivity index (χ4n) is 1.00. The molecule has 0 fully saturated rings. The summed E-state index contributed by atoms with van der Waals surface area (Å²) in [4.78, 5) is 0. The van der Waals surface area contributed by atoms with Crippen LogP contribution in [0.1, 0.15) is 11.1 Å². The number of benzene rings is 1. The Morgan fingerprint density at radius 3 is 1.00 bits per heavy atom. The van der Waals surface area contributed by atoms with Gasteiger partial charge in [0.1, 0.15) is 0 Å². The Morgan fingerprint density at radius 2 is 0.857 bits per heavy atom. The van der Waals surface area contributed by atoms with Crippen molar-refractivity contribution in [2.24, 2.45) is 0 Å². The summed E-state index contributed by atoms with van der Waals surface area (Å²) in [7, 11) is 0. The van der Waals surface area contributed by atoms with Crippen molar-refractivity contribution in [2.75, 3.05) is 0 Å². The van der Waals surface area contributed by atoms with Crippen LogP contribution in [0.25, 0.3) is 0 Å². The van der Waals surface area contributed by atoms with Crippen molar-refractivity contribution in [1.82, 2.24) is 0 Å². The van der Waals surface area contributed by atoms with E-state index in [1.54, 1.807) is 0 Å². The highest BCUT2D eigenvalue weighted by molar-refractivity contribution is 7.79. The van der Waals surface area contributed by atoms with Crippen LogP contribution in [0.4, 0.5) is 0 Å². The monoisotopic (exact) mass is 306 g/mol. The first-order valence-electron chi connectivity index (χ1n) is 3.60. The van der Waals surface area contributed by atoms with Gasteiger partial charge in [-0.3, -0.25) is 0 Å². The van der Waals surface area contributed by atoms with E-state index in [0.717, 1.165) is 0 Å². The summed E-state index contributed by atoms with van der Waals surface area (Å²) in [5.74, 6) is 0.786. The fraction of sp³-hybridized carbons (Fsp3) is 0.250. The maximum Gasteiger partial charge on any atom is 0.0651 e. The van der Waals surface area contributed by atoms with Gasteiger partial charge in [0.2, 0.25) is 0 Å². The van der Waals surface area contributed by atoms with Gasteiger partial charge < -0.3 is 0 Å². The van der Waals surface area contributed by atoms with Gasteiger partial charge in [0.05, 0.1) is 20.1 Å². The molecule has 0 spiro atoms. The first-order valence-corrected chi connectivity index (χ1v) is 6.37. The van der Waals surface area contributed by atoms with E-state index in [4.69, 9.17) is 46.4 Å². The predicted octanol–water partition coefficient (Wildman–Crippen LogP) is 5.16. The SMILES string of the molecule is SCc1c(Cl)c(Cl)c(CS)c(Cl)c1Cl. The second-order valence-corrected chi connectivity index (χ2v) is 4.67. The molecule has 0 aliphatic heterocycles. The Balaban J connectivity index is 3.55. The van der Waals surface area contributed by atoms with Gasteiger partial charge in [-0.05, 0) is 0 Å². The first-order chi connectivity index (χ1) is 6.54. The maximum atomic E-state index is 6.00. The van der Waals surface area contributed by atoms with Crippen molar-refractivity contribution in [1.29, 1.82) is 0 Å². The molecular weight excluding hydrogens is 302 g/mol. The van der Waals surface area contributed by atoms with E-state index < -0.39 is 0 Å². The van der Waals surface area contributed by atoms with Gasteiger partial charge in [0.25, 0.3) is 0 Å². The molecule has 0 amide bonds. The molecule has 0 unspecified atom stereocenters. The van der Waals surface area contributed by atoms with Crippen LogP contribution in [0.5, 0.6) is 0 Å². The summed E-state index contributed by atoms with van der Waals surface area (Å²) < 4.78 is 0. The van der Waals surface area contributed by atoms with Crippen molar-refractivity contribution in [3.63, 3.8) is 0 Å². The molecule has 1 rings (SSSR count). The highest BCUT2D eigenvalue weighted by atomic mass is 35.5. The van der Waals surface area contributed by atoms with E-state index in [0.29, 0.717) is 42.7 Å². The van der Waals surface area contributed by atoms with Crippen LogP contribution in [0.2, 0.25) is 20.1 Å². The molecule has 0 N–H and O–H groups in total. The van der Waals surface area contributed by atoms with E-state index in [-0.39, 0.29) is 0 Å². The van der Waals surface area contributed by atoms with E-state index in [1.165, 1.54) is 0 Å². The van der Waals surface area contributed by atoms with Crippen LogP contribution in [0.3, 0.4) is 0 Å². The van der Waals surface area contributed by atoms with Crippen LogP contribution in [0, 0.1) is 0 Å². The van der Waals surface area contributed by atoms with Crippen LogP contribution in [-0.4, -0.2) is 0 Å². The molecule has 0 bridgehead atoms. The summed E-state index contributed by atoms with van der Waals surface area (Å²) >= 11 is 32.2. The minimum atomic E-state index is 0.393. The Morgan fingerprint density at radius 1 is 0.643 bits per heavy atom. The number of halogens is 4. The highest BCUT2D eigenvalue weighted by Crippen LogP contribution is 2.42. The van der Waals surface area contributed by atoms with Gasteiger partial charge in [-0.15, -0.1) is 0 Å². The normalized spacial score (nSPS) is 10.7. The minimum absolute atomic E-state index is 0.393. The summed E-state index contributed by atoms with van der Waals surface area (Å²) in [5, 5.41) is 1.61. The Hall–Kier alpha value is 1.08. The zero-order chi connectivity index (χ0) is 10.9. The Labute approximate surface area is 114 Å². The molecule has 0 aromatic heterocycles. The largest absolute Gasteiger partial charge is 0.174 e. The number of rotatable bonds is 2. The van der Waals surface area contributed by atoms with Gasteiger partial charge in [-0.25, -0.2) is 0 Å². The third-order valence-corrected chi connectivity index (χ3v) is 4.26. The van der Waals surface area contributed by atoms with Crippen molar-refractivity contribution in [3.8, 4) is 0 Å². The second-order valence-electron chi connectivity index (χ2n) is 2.53. The first kappa shape index (κ1) is 13.1. The smallest absolute Gasteiger partial charge is 0.0651 e. The molecule has 6 heteroatoms. The third-order valence-electron chi connectivity index (χ3n) is 1.76. The van der Waals surface area contributed by atoms with E-state index in [1.807, 2.05) is 0 Å². The second kappa shape index (κ2) is 5.42. The standard InChI is InChI=1S/C8H6Cl4S2/c9-5-3(1-13)6(10)8(12)4(2-14)7(5)11/h13-14H,1-2H2. The van der Waals surface area contributed by atoms with Crippen molar-refractivity contribution < 1.29 is 0 Å². The summed E-state index contributed by atoms with van der Waals surface area (Å²) in [6.07, 6.45) is 0. The van der Waals surface area contributed by atoms with E-state index >= 15 is 0 Å². The van der Waals surface area contributed by atoms with E-state index in [2.05, 4.69) is 25.3 Å². The Bertz CT molecular complexity index is 301. The molecule has 14 heavy (non-hydrogen) atoms. The molecule has 0 atom stereocenters. The molecular formula is C8H6Cl4S2. The van der Waals surface area contributed by atoms with Gasteiger partial charge in [0.15, 0.2) is 0 Å². The molecule has 1 aromatic carbocycles. The third kappa shape index (κ3) is 2.26. The average Bonchev–Trinajstić information content (AvgIpc) is 2.17. The van der Waals surface area contributed by atoms with Crippen molar-refractivity contribution in [3.05, 3.63) is 31.2 Å². The number of hydrogen-bond acceptors (Lipinski definition) is 2. The highest BCUT2D eigenvalue weighted by Gasteiger charge is 2.18. The van der Waals surface area contributed by atoms with Crippen LogP contribution >= 0.6 is 71.7 Å². The summed E-state index contributed by atoms with van der Waals surface area (Å²) in [6, 6.07) is 0. The molecule has 0 aliphatic rings. The predicted molar refractivity (Wildman–Crippen MR) is 71.9 cm³/mol. The number of thiol groups is 2. The van der Waals surface area contributed by atoms with Crippen LogP contribution in [0.15, 0.2) is 0 Å². The summed E-state index contributed by atoms with van der Waals surface area (Å²) in [5.41, 5.74) is 1.30. The lowest BCUT2D eigenvalue weighted by molar-refractivity contribution is 1.35. The molecule has 78 valence electrons. The molecule has 0 saturated heterocycles. The van der Waals surface area contributed by atoms with Gasteiger partial charge in [0, 0.05) is 22.6 Å². The van der Waals surface area contributed by atoms with Crippen LogP contribution in [-0.2, 0) is 11.5 Å². The molecule has 0 aliphatic carbocycles. The minimum Gasteiger partial charge on any atom is -0.174 e. The van der Waals surface area contributed by atoms with Crippen LogP contribution < -0.4 is 0 Å². The Kier molecular flexibility index (Phi) is 5.09. The van der Waals surface area contributed by atoms with Gasteiger partial charge in [-0.1, -0.05) is 46.4 Å². The number of hydrogen-bond donors (Lipinski definition) is 2. The lowest BCUT2D eigenvalue weighted by Gasteiger charge is -2.12. The van der Waals surface area contributed by atoms with Crippen molar-refractivity contribution in [2.45, 2.75) is 11.5 Å². The molecule has 0 heterocycles. The zero-order valence-corrected chi connectivity index (χ0v) is 11.6. The maximum absolute atomic E-state index is 6.00.